The Bertz CT molecular complexity index is 754. The molecule has 1 N–H and O–H groups in total. The minimum atomic E-state index is -0.910. The monoisotopic (exact) mass is 292 g/mol. The van der Waals surface area contributed by atoms with Gasteiger partial charge in [-0.15, -0.1) is 19.7 Å². The van der Waals surface area contributed by atoms with Crippen molar-refractivity contribution in [2.75, 3.05) is 0 Å². The molecule has 0 saturated carbocycles. The van der Waals surface area contributed by atoms with E-state index in [4.69, 9.17) is 0 Å². The number of rotatable bonds is 7. The average molecular weight is 292 g/mol. The summed E-state index contributed by atoms with van der Waals surface area (Å²) in [6.07, 6.45) is 7.65. The lowest BCUT2D eigenvalue weighted by Crippen LogP contribution is -2.01. The summed E-state index contributed by atoms with van der Waals surface area (Å²) in [5.41, 5.74) is 3.57. The summed E-state index contributed by atoms with van der Waals surface area (Å²) in [4.78, 5) is 11.4. The Labute approximate surface area is 131 Å². The SMILES string of the molecule is C=CCc1cc(CC=C)c2cc(C(=O)O)cc(CC=C)c2c1. The largest absolute Gasteiger partial charge is 0.478 e. The fourth-order valence-corrected chi connectivity index (χ4v) is 2.73. The second-order valence-corrected chi connectivity index (χ2v) is 5.27. The molecule has 2 aromatic rings. The number of carbonyl (C=O) groups is 1. The van der Waals surface area contributed by atoms with E-state index in [9.17, 15) is 9.90 Å². The lowest BCUT2D eigenvalue weighted by Gasteiger charge is -2.13. The van der Waals surface area contributed by atoms with Crippen LogP contribution in [0.15, 0.2) is 62.2 Å². The summed E-state index contributed by atoms with van der Waals surface area (Å²) in [7, 11) is 0. The highest BCUT2D eigenvalue weighted by Gasteiger charge is 2.12. The Balaban J connectivity index is 2.82. The van der Waals surface area contributed by atoms with Crippen molar-refractivity contribution >= 4 is 16.7 Å². The number of hydrogen-bond donors (Lipinski definition) is 1. The molecular formula is C20H20O2. The number of carboxylic acids is 1. The molecule has 0 atom stereocenters. The summed E-state index contributed by atoms with van der Waals surface area (Å²) in [5, 5.41) is 11.4. The van der Waals surface area contributed by atoms with E-state index >= 15 is 0 Å². The molecule has 22 heavy (non-hydrogen) atoms. The standard InChI is InChI=1S/C20H20O2/c1-4-7-14-10-15(8-5-2)19-13-17(20(21)22)12-16(9-6-3)18(19)11-14/h4-6,10-13H,1-3,7-9H2,(H,21,22). The first-order valence-corrected chi connectivity index (χ1v) is 7.25. The van der Waals surface area contributed by atoms with Gasteiger partial charge in [0.1, 0.15) is 0 Å². The Hall–Kier alpha value is -2.61. The number of carboxylic acid groups (broad SMARTS) is 1. The van der Waals surface area contributed by atoms with Gasteiger partial charge in [-0.3, -0.25) is 0 Å². The van der Waals surface area contributed by atoms with Crippen molar-refractivity contribution in [2.24, 2.45) is 0 Å². The van der Waals surface area contributed by atoms with Crippen LogP contribution in [0.1, 0.15) is 27.0 Å². The summed E-state index contributed by atoms with van der Waals surface area (Å²) in [6.45, 7) is 11.4. The quantitative estimate of drug-likeness (QED) is 0.749. The number of allylic oxidation sites excluding steroid dienone is 3. The zero-order valence-corrected chi connectivity index (χ0v) is 12.6. The first-order chi connectivity index (χ1) is 10.6. The van der Waals surface area contributed by atoms with Crippen molar-refractivity contribution in [3.05, 3.63) is 84.5 Å². The zero-order chi connectivity index (χ0) is 16.1. The smallest absolute Gasteiger partial charge is 0.335 e. The molecule has 112 valence electrons. The molecule has 0 unspecified atom stereocenters. The molecule has 0 heterocycles. The van der Waals surface area contributed by atoms with Crippen molar-refractivity contribution in [1.29, 1.82) is 0 Å². The van der Waals surface area contributed by atoms with Crippen LogP contribution in [0.5, 0.6) is 0 Å². The van der Waals surface area contributed by atoms with Gasteiger partial charge in [-0.05, 0) is 58.9 Å². The van der Waals surface area contributed by atoms with Crippen LogP contribution in [0.2, 0.25) is 0 Å². The number of fused-ring (bicyclic) bond motifs is 1. The highest BCUT2D eigenvalue weighted by Crippen LogP contribution is 2.28. The molecule has 2 nitrogen and oxygen atoms in total. The normalized spacial score (nSPS) is 10.4. The summed E-state index contributed by atoms with van der Waals surface area (Å²) < 4.78 is 0. The van der Waals surface area contributed by atoms with Crippen LogP contribution < -0.4 is 0 Å². The van der Waals surface area contributed by atoms with Gasteiger partial charge in [0, 0.05) is 0 Å². The predicted molar refractivity (Wildman–Crippen MR) is 92.6 cm³/mol. The van der Waals surface area contributed by atoms with E-state index in [0.29, 0.717) is 18.4 Å². The number of benzene rings is 2. The Morgan fingerprint density at radius 2 is 1.41 bits per heavy atom. The highest BCUT2D eigenvalue weighted by atomic mass is 16.4. The summed E-state index contributed by atoms with van der Waals surface area (Å²) in [6, 6.07) is 7.71. The highest BCUT2D eigenvalue weighted by molar-refractivity contribution is 5.98. The van der Waals surface area contributed by atoms with Crippen molar-refractivity contribution < 1.29 is 9.90 Å². The van der Waals surface area contributed by atoms with E-state index in [-0.39, 0.29) is 0 Å². The molecule has 0 spiro atoms. The third-order valence-corrected chi connectivity index (χ3v) is 3.66. The van der Waals surface area contributed by atoms with Gasteiger partial charge < -0.3 is 5.11 Å². The summed E-state index contributed by atoms with van der Waals surface area (Å²) in [5.74, 6) is -0.910. The van der Waals surface area contributed by atoms with Crippen LogP contribution in [0.4, 0.5) is 0 Å². The van der Waals surface area contributed by atoms with Crippen LogP contribution in [0, 0.1) is 0 Å². The van der Waals surface area contributed by atoms with Crippen LogP contribution in [0.3, 0.4) is 0 Å². The second-order valence-electron chi connectivity index (χ2n) is 5.27. The molecule has 2 aromatic carbocycles. The first kappa shape index (κ1) is 15.8. The van der Waals surface area contributed by atoms with Crippen LogP contribution in [0.25, 0.3) is 10.8 Å². The molecular weight excluding hydrogens is 272 g/mol. The molecule has 0 radical (unpaired) electrons. The summed E-state index contributed by atoms with van der Waals surface area (Å²) >= 11 is 0. The number of hydrogen-bond acceptors (Lipinski definition) is 1. The molecule has 0 aromatic heterocycles. The van der Waals surface area contributed by atoms with Gasteiger partial charge in [0.2, 0.25) is 0 Å². The van der Waals surface area contributed by atoms with Crippen molar-refractivity contribution in [3.8, 4) is 0 Å². The van der Waals surface area contributed by atoms with Crippen LogP contribution >= 0.6 is 0 Å². The predicted octanol–water partition coefficient (Wildman–Crippen LogP) is 4.72. The molecule has 0 aliphatic carbocycles. The minimum absolute atomic E-state index is 0.311. The third kappa shape index (κ3) is 3.17. The maximum absolute atomic E-state index is 11.4. The van der Waals surface area contributed by atoms with Gasteiger partial charge in [0.05, 0.1) is 5.56 Å². The lowest BCUT2D eigenvalue weighted by molar-refractivity contribution is 0.0697. The van der Waals surface area contributed by atoms with Gasteiger partial charge >= 0.3 is 5.97 Å². The molecule has 0 aliphatic rings. The first-order valence-electron chi connectivity index (χ1n) is 7.25. The average Bonchev–Trinajstić information content (AvgIpc) is 2.48. The van der Waals surface area contributed by atoms with Gasteiger partial charge in [0.25, 0.3) is 0 Å². The van der Waals surface area contributed by atoms with E-state index in [1.807, 2.05) is 12.2 Å². The number of aromatic carboxylic acids is 1. The van der Waals surface area contributed by atoms with E-state index < -0.39 is 5.97 Å². The molecule has 2 heteroatoms. The molecule has 0 amide bonds. The Morgan fingerprint density at radius 3 is 1.95 bits per heavy atom. The lowest BCUT2D eigenvalue weighted by atomic mass is 9.91. The Kier molecular flexibility index (Phi) is 4.95. The fourth-order valence-electron chi connectivity index (χ4n) is 2.73. The van der Waals surface area contributed by atoms with Crippen molar-refractivity contribution in [3.63, 3.8) is 0 Å². The molecule has 0 fully saturated rings. The van der Waals surface area contributed by atoms with Gasteiger partial charge in [-0.1, -0.05) is 30.4 Å². The Morgan fingerprint density at radius 1 is 0.864 bits per heavy atom. The van der Waals surface area contributed by atoms with Gasteiger partial charge in [-0.25, -0.2) is 4.79 Å². The maximum atomic E-state index is 11.4. The van der Waals surface area contributed by atoms with Gasteiger partial charge in [0.15, 0.2) is 0 Å². The zero-order valence-electron chi connectivity index (χ0n) is 12.6. The minimum Gasteiger partial charge on any atom is -0.478 e. The van der Waals surface area contributed by atoms with E-state index in [2.05, 4.69) is 31.9 Å². The molecule has 0 aliphatic heterocycles. The molecule has 0 bridgehead atoms. The molecule has 0 saturated heterocycles. The van der Waals surface area contributed by atoms with Crippen molar-refractivity contribution in [1.82, 2.24) is 0 Å². The van der Waals surface area contributed by atoms with Crippen LogP contribution in [-0.2, 0) is 19.3 Å². The maximum Gasteiger partial charge on any atom is 0.335 e. The van der Waals surface area contributed by atoms with Crippen LogP contribution in [-0.4, -0.2) is 11.1 Å². The van der Waals surface area contributed by atoms with Crippen molar-refractivity contribution in [2.45, 2.75) is 19.3 Å². The fraction of sp³-hybridized carbons (Fsp3) is 0.150. The second kappa shape index (κ2) is 6.90. The van der Waals surface area contributed by atoms with E-state index in [1.54, 1.807) is 18.2 Å². The topological polar surface area (TPSA) is 37.3 Å². The molecule has 2 rings (SSSR count). The van der Waals surface area contributed by atoms with E-state index in [1.165, 1.54) is 5.56 Å². The van der Waals surface area contributed by atoms with Gasteiger partial charge in [-0.2, -0.15) is 0 Å². The third-order valence-electron chi connectivity index (χ3n) is 3.66. The van der Waals surface area contributed by atoms with E-state index in [0.717, 1.165) is 28.3 Å².